The fourth-order valence-electron chi connectivity index (χ4n) is 6.26. The quantitative estimate of drug-likeness (QED) is 0.316. The highest BCUT2D eigenvalue weighted by Crippen LogP contribution is 2.44. The van der Waals surface area contributed by atoms with Crippen LogP contribution in [0.3, 0.4) is 0 Å². The number of alkyl halides is 3. The highest BCUT2D eigenvalue weighted by molar-refractivity contribution is 6.30. The van der Waals surface area contributed by atoms with Gasteiger partial charge < -0.3 is 15.0 Å². The number of hydrogen-bond acceptors (Lipinski definition) is 2. The molecular formula is C31H30ClF3N2O3. The molecule has 2 unspecified atom stereocenters. The molecule has 1 heterocycles. The molecule has 0 aliphatic heterocycles. The largest absolute Gasteiger partial charge is 0.478 e. The van der Waals surface area contributed by atoms with Crippen LogP contribution >= 0.6 is 11.6 Å². The summed E-state index contributed by atoms with van der Waals surface area (Å²) in [6.45, 7) is 1.23. The molecule has 210 valence electrons. The SMILES string of the molecule is CC1C(C(=O)O)=CC=C(NC(=O)[C@H](C2CCCCC2)n2c(-c3ccc(Cl)cc3)cc3ccccc32)C1C(F)(F)F. The van der Waals surface area contributed by atoms with Gasteiger partial charge in [0.1, 0.15) is 12.0 Å². The Labute approximate surface area is 235 Å². The van der Waals surface area contributed by atoms with Gasteiger partial charge in [0.25, 0.3) is 0 Å². The average Bonchev–Trinajstić information content (AvgIpc) is 3.28. The van der Waals surface area contributed by atoms with Crippen molar-refractivity contribution in [3.8, 4) is 11.3 Å². The molecule has 3 aromatic rings. The lowest BCUT2D eigenvalue weighted by Crippen LogP contribution is -2.44. The standard InChI is InChI=1S/C31H30ClF3N2O3/c1-18-23(30(39)40)15-16-24(27(18)31(33,34)35)36-29(38)28(20-7-3-2-4-8-20)37-25-10-6-5-9-21(25)17-26(37)19-11-13-22(32)14-12-19/h5-6,9-18,20,27-28H,2-4,7-8H2,1H3,(H,36,38)(H,39,40)/t18?,27?,28-/m0/s1. The number of amides is 1. The van der Waals surface area contributed by atoms with E-state index >= 15 is 0 Å². The van der Waals surface area contributed by atoms with E-state index < -0.39 is 35.9 Å². The molecule has 5 rings (SSSR count). The average molecular weight is 571 g/mol. The van der Waals surface area contributed by atoms with E-state index in [1.54, 1.807) is 12.1 Å². The summed E-state index contributed by atoms with van der Waals surface area (Å²) in [6.07, 6.45) is 1.94. The van der Waals surface area contributed by atoms with Crippen LogP contribution in [0.4, 0.5) is 13.2 Å². The van der Waals surface area contributed by atoms with Crippen molar-refractivity contribution in [1.29, 1.82) is 0 Å². The summed E-state index contributed by atoms with van der Waals surface area (Å²) in [4.78, 5) is 25.8. The van der Waals surface area contributed by atoms with Crippen LogP contribution in [0.25, 0.3) is 22.2 Å². The number of para-hydroxylation sites is 1. The van der Waals surface area contributed by atoms with E-state index in [-0.39, 0.29) is 17.2 Å². The Morgan fingerprint density at radius 2 is 1.70 bits per heavy atom. The summed E-state index contributed by atoms with van der Waals surface area (Å²) >= 11 is 6.14. The summed E-state index contributed by atoms with van der Waals surface area (Å²) < 4.78 is 44.7. The second kappa shape index (κ2) is 11.2. The second-order valence-corrected chi connectivity index (χ2v) is 11.1. The molecule has 5 nitrogen and oxygen atoms in total. The van der Waals surface area contributed by atoms with Crippen LogP contribution in [0.1, 0.15) is 45.1 Å². The normalized spacial score (nSPS) is 21.0. The van der Waals surface area contributed by atoms with Crippen molar-refractivity contribution >= 4 is 34.4 Å². The predicted molar refractivity (Wildman–Crippen MR) is 149 cm³/mol. The second-order valence-electron chi connectivity index (χ2n) is 10.7. The van der Waals surface area contributed by atoms with Gasteiger partial charge >= 0.3 is 12.1 Å². The smallest absolute Gasteiger partial charge is 0.397 e. The Hall–Kier alpha value is -3.52. The zero-order chi connectivity index (χ0) is 28.6. The van der Waals surface area contributed by atoms with Crippen molar-refractivity contribution < 1.29 is 27.9 Å². The number of fused-ring (bicyclic) bond motifs is 1. The van der Waals surface area contributed by atoms with Gasteiger partial charge in [-0.1, -0.05) is 68.1 Å². The molecule has 2 N–H and O–H groups in total. The van der Waals surface area contributed by atoms with Crippen molar-refractivity contribution in [2.45, 2.75) is 51.2 Å². The molecule has 0 bridgehead atoms. The van der Waals surface area contributed by atoms with Crippen molar-refractivity contribution in [3.63, 3.8) is 0 Å². The minimum Gasteiger partial charge on any atom is -0.478 e. The van der Waals surface area contributed by atoms with E-state index in [1.807, 2.05) is 47.0 Å². The molecule has 2 aromatic carbocycles. The highest BCUT2D eigenvalue weighted by atomic mass is 35.5. The topological polar surface area (TPSA) is 71.3 Å². The number of aromatic nitrogens is 1. The van der Waals surface area contributed by atoms with Crippen LogP contribution < -0.4 is 5.32 Å². The summed E-state index contributed by atoms with van der Waals surface area (Å²) in [5.41, 5.74) is 1.74. The zero-order valence-electron chi connectivity index (χ0n) is 21.9. The lowest BCUT2D eigenvalue weighted by atomic mass is 9.80. The third-order valence-electron chi connectivity index (χ3n) is 8.17. The van der Waals surface area contributed by atoms with Gasteiger partial charge in [-0.15, -0.1) is 0 Å². The number of hydrogen-bond donors (Lipinski definition) is 2. The first kappa shape index (κ1) is 28.0. The lowest BCUT2D eigenvalue weighted by molar-refractivity contribution is -0.175. The molecule has 2 aliphatic rings. The Kier molecular flexibility index (Phi) is 7.82. The Morgan fingerprint density at radius 3 is 2.35 bits per heavy atom. The van der Waals surface area contributed by atoms with E-state index in [2.05, 4.69) is 5.32 Å². The molecule has 1 amide bonds. The Bertz CT molecular complexity index is 1480. The molecular weight excluding hydrogens is 541 g/mol. The first-order valence-electron chi connectivity index (χ1n) is 13.4. The molecule has 0 spiro atoms. The molecule has 1 saturated carbocycles. The Balaban J connectivity index is 1.63. The zero-order valence-corrected chi connectivity index (χ0v) is 22.7. The van der Waals surface area contributed by atoms with E-state index in [1.165, 1.54) is 6.92 Å². The first-order valence-corrected chi connectivity index (χ1v) is 13.8. The van der Waals surface area contributed by atoms with E-state index in [4.69, 9.17) is 11.6 Å². The molecule has 40 heavy (non-hydrogen) atoms. The van der Waals surface area contributed by atoms with Gasteiger partial charge in [0.2, 0.25) is 5.91 Å². The van der Waals surface area contributed by atoms with E-state index in [0.29, 0.717) is 5.02 Å². The molecule has 1 fully saturated rings. The van der Waals surface area contributed by atoms with E-state index in [0.717, 1.165) is 66.4 Å². The van der Waals surface area contributed by atoms with Crippen LogP contribution in [-0.4, -0.2) is 27.7 Å². The minimum absolute atomic E-state index is 0.0910. The first-order chi connectivity index (χ1) is 19.1. The lowest BCUT2D eigenvalue weighted by Gasteiger charge is -2.35. The van der Waals surface area contributed by atoms with Crippen molar-refractivity contribution in [2.75, 3.05) is 0 Å². The number of halogens is 4. The number of carboxylic acid groups (broad SMARTS) is 1. The fraction of sp³-hybridized carbons (Fsp3) is 0.355. The highest BCUT2D eigenvalue weighted by Gasteiger charge is 2.49. The number of nitrogens with one attached hydrogen (secondary N) is 1. The summed E-state index contributed by atoms with van der Waals surface area (Å²) in [7, 11) is 0. The van der Waals surface area contributed by atoms with Crippen LogP contribution in [0.15, 0.2) is 78.0 Å². The van der Waals surface area contributed by atoms with Crippen molar-refractivity contribution in [3.05, 3.63) is 83.0 Å². The summed E-state index contributed by atoms with van der Waals surface area (Å²) in [6, 6.07) is 16.1. The van der Waals surface area contributed by atoms with Crippen molar-refractivity contribution in [1.82, 2.24) is 9.88 Å². The molecule has 1 aromatic heterocycles. The van der Waals surface area contributed by atoms with Crippen LogP contribution in [0, 0.1) is 17.8 Å². The molecule has 0 saturated heterocycles. The predicted octanol–water partition coefficient (Wildman–Crippen LogP) is 7.92. The number of rotatable bonds is 6. The monoisotopic (exact) mass is 570 g/mol. The fourth-order valence-corrected chi connectivity index (χ4v) is 6.38. The van der Waals surface area contributed by atoms with Gasteiger partial charge in [-0.25, -0.2) is 4.79 Å². The summed E-state index contributed by atoms with van der Waals surface area (Å²) in [5, 5.41) is 13.5. The maximum absolute atomic E-state index is 14.3. The minimum atomic E-state index is -4.75. The van der Waals surface area contributed by atoms with Crippen LogP contribution in [0.2, 0.25) is 5.02 Å². The molecule has 0 radical (unpaired) electrons. The third kappa shape index (κ3) is 5.42. The number of carbonyl (C=O) groups excluding carboxylic acids is 1. The van der Waals surface area contributed by atoms with Gasteiger partial charge in [0, 0.05) is 38.8 Å². The number of allylic oxidation sites excluding steroid dienone is 3. The van der Waals surface area contributed by atoms with Crippen molar-refractivity contribution in [2.24, 2.45) is 17.8 Å². The number of carboxylic acids is 1. The van der Waals surface area contributed by atoms with Gasteiger partial charge in [0.05, 0.1) is 0 Å². The molecule has 2 aliphatic carbocycles. The van der Waals surface area contributed by atoms with E-state index in [9.17, 15) is 27.9 Å². The van der Waals surface area contributed by atoms with Gasteiger partial charge in [-0.05, 0) is 60.7 Å². The maximum Gasteiger partial charge on any atom is 0.397 e. The number of benzene rings is 2. The number of nitrogens with zero attached hydrogens (tertiary/aromatic N) is 1. The van der Waals surface area contributed by atoms with Gasteiger partial charge in [0.15, 0.2) is 0 Å². The number of carbonyl (C=O) groups is 2. The molecule has 9 heteroatoms. The van der Waals surface area contributed by atoms with Crippen LogP contribution in [0.5, 0.6) is 0 Å². The molecule has 3 atom stereocenters. The Morgan fingerprint density at radius 1 is 1.02 bits per heavy atom. The third-order valence-corrected chi connectivity index (χ3v) is 8.42. The maximum atomic E-state index is 14.3. The van der Waals surface area contributed by atoms with Gasteiger partial charge in [-0.3, -0.25) is 4.79 Å². The van der Waals surface area contributed by atoms with Crippen LogP contribution in [-0.2, 0) is 9.59 Å². The van der Waals surface area contributed by atoms with Gasteiger partial charge in [-0.2, -0.15) is 13.2 Å². The number of aliphatic carboxylic acids is 1. The summed E-state index contributed by atoms with van der Waals surface area (Å²) in [5.74, 6) is -5.54.